The Kier molecular flexibility index (Phi) is 20.9. The lowest BCUT2D eigenvalue weighted by Gasteiger charge is -2.18. The number of carboxylic acids is 1. The van der Waals surface area contributed by atoms with E-state index in [-0.39, 0.29) is 19.3 Å². The normalized spacial score (nSPS) is 16.4. The van der Waals surface area contributed by atoms with Crippen LogP contribution in [0.2, 0.25) is 0 Å². The van der Waals surface area contributed by atoms with Gasteiger partial charge in [0.15, 0.2) is 0 Å². The van der Waals surface area contributed by atoms with Gasteiger partial charge in [0, 0.05) is 7.11 Å². The number of allylic oxidation sites excluding steroid dienone is 2. The standard InChI is InChI=1S/C23H46NO9P/c1-3-4-5-6-7-8-9-10-11-12-13-14-15-21(30-2)18-31-16-20(25)17-32-34(28,29)33-19-22(24)23(26)27/h12-13,20-22,25H,3-11,14-19,24H2,1-2H3,(H,26,27)(H,28,29)/b13-12-/t20-,21?,22+/m1/s1. The molecule has 34 heavy (non-hydrogen) atoms. The Labute approximate surface area is 204 Å². The number of ether oxygens (including phenoxy) is 2. The SMILES string of the molecule is CCCCCCCCCC/C=C\CCC(COC[C@@H](O)COP(=O)(O)OC[C@H](N)C(=O)O)OC. The van der Waals surface area contributed by atoms with Crippen molar-refractivity contribution in [2.45, 2.75) is 95.8 Å². The summed E-state index contributed by atoms with van der Waals surface area (Å²) in [6.45, 7) is 1.16. The maximum Gasteiger partial charge on any atom is 0.472 e. The molecule has 0 heterocycles. The number of aliphatic hydroxyl groups excluding tert-OH is 1. The van der Waals surface area contributed by atoms with E-state index in [2.05, 4.69) is 28.1 Å². The fourth-order valence-corrected chi connectivity index (χ4v) is 3.81. The molecule has 0 aliphatic carbocycles. The number of methoxy groups -OCH3 is 1. The minimum atomic E-state index is -4.53. The van der Waals surface area contributed by atoms with E-state index in [0.717, 1.165) is 19.3 Å². The van der Waals surface area contributed by atoms with Crippen LogP contribution in [0, 0.1) is 0 Å². The third kappa shape index (κ3) is 20.5. The molecule has 0 aliphatic rings. The van der Waals surface area contributed by atoms with Crippen molar-refractivity contribution in [2.24, 2.45) is 5.73 Å². The van der Waals surface area contributed by atoms with E-state index in [9.17, 15) is 19.4 Å². The molecule has 2 unspecified atom stereocenters. The highest BCUT2D eigenvalue weighted by atomic mass is 31.2. The number of carboxylic acid groups (broad SMARTS) is 1. The number of aliphatic carboxylic acids is 1. The van der Waals surface area contributed by atoms with Crippen LogP contribution in [0.5, 0.6) is 0 Å². The van der Waals surface area contributed by atoms with Gasteiger partial charge in [0.25, 0.3) is 0 Å². The second-order valence-corrected chi connectivity index (χ2v) is 9.82. The van der Waals surface area contributed by atoms with Crippen LogP contribution in [0.1, 0.15) is 77.6 Å². The number of hydrogen-bond acceptors (Lipinski definition) is 8. The minimum Gasteiger partial charge on any atom is -0.480 e. The van der Waals surface area contributed by atoms with Crippen LogP contribution in [0.3, 0.4) is 0 Å². The van der Waals surface area contributed by atoms with Crippen LogP contribution in [-0.4, -0.2) is 72.9 Å². The van der Waals surface area contributed by atoms with Crippen LogP contribution in [0.15, 0.2) is 12.2 Å². The van der Waals surface area contributed by atoms with Crippen molar-refractivity contribution < 1.29 is 43.0 Å². The van der Waals surface area contributed by atoms with Gasteiger partial charge >= 0.3 is 13.8 Å². The summed E-state index contributed by atoms with van der Waals surface area (Å²) in [5.41, 5.74) is 5.18. The van der Waals surface area contributed by atoms with Gasteiger partial charge in [0.1, 0.15) is 12.1 Å². The lowest BCUT2D eigenvalue weighted by molar-refractivity contribution is -0.139. The summed E-state index contributed by atoms with van der Waals surface area (Å²) < 4.78 is 31.5. The average Bonchev–Trinajstić information content (AvgIpc) is 2.80. The lowest BCUT2D eigenvalue weighted by atomic mass is 10.1. The van der Waals surface area contributed by atoms with E-state index in [1.165, 1.54) is 51.4 Å². The van der Waals surface area contributed by atoms with Crippen LogP contribution in [0.25, 0.3) is 0 Å². The molecular formula is C23H46NO9P. The van der Waals surface area contributed by atoms with Crippen LogP contribution in [0.4, 0.5) is 0 Å². The number of phosphoric ester groups is 1. The van der Waals surface area contributed by atoms with Gasteiger partial charge in [-0.3, -0.25) is 13.8 Å². The van der Waals surface area contributed by atoms with Gasteiger partial charge in [-0.1, -0.05) is 64.0 Å². The van der Waals surface area contributed by atoms with Gasteiger partial charge in [-0.2, -0.15) is 0 Å². The highest BCUT2D eigenvalue weighted by Crippen LogP contribution is 2.43. The first-order valence-corrected chi connectivity index (χ1v) is 13.7. The Morgan fingerprint density at radius 2 is 1.53 bits per heavy atom. The molecule has 0 aromatic rings. The van der Waals surface area contributed by atoms with Crippen LogP contribution in [-0.2, 0) is 27.9 Å². The van der Waals surface area contributed by atoms with Gasteiger partial charge < -0.3 is 30.3 Å². The van der Waals surface area contributed by atoms with Crippen LogP contribution >= 0.6 is 7.82 Å². The summed E-state index contributed by atoms with van der Waals surface area (Å²) >= 11 is 0. The molecule has 0 radical (unpaired) electrons. The minimum absolute atomic E-state index is 0.122. The molecule has 0 saturated carbocycles. The number of unbranched alkanes of at least 4 members (excludes halogenated alkanes) is 8. The Bertz CT molecular complexity index is 577. The molecule has 202 valence electrons. The van der Waals surface area contributed by atoms with Gasteiger partial charge in [-0.25, -0.2) is 4.57 Å². The molecule has 0 fully saturated rings. The summed E-state index contributed by atoms with van der Waals surface area (Å²) in [6, 6.07) is -1.46. The summed E-state index contributed by atoms with van der Waals surface area (Å²) in [7, 11) is -2.93. The largest absolute Gasteiger partial charge is 0.480 e. The zero-order valence-corrected chi connectivity index (χ0v) is 21.7. The second-order valence-electron chi connectivity index (χ2n) is 8.37. The zero-order valence-electron chi connectivity index (χ0n) is 20.8. The Hall–Kier alpha value is -0.840. The molecule has 0 bridgehead atoms. The Morgan fingerprint density at radius 3 is 2.15 bits per heavy atom. The molecule has 0 aromatic carbocycles. The number of rotatable bonds is 24. The Balaban J connectivity index is 3.82. The average molecular weight is 512 g/mol. The first kappa shape index (κ1) is 33.2. The van der Waals surface area contributed by atoms with Gasteiger partial charge in [-0.05, 0) is 25.7 Å². The van der Waals surface area contributed by atoms with E-state index in [0.29, 0.717) is 0 Å². The lowest BCUT2D eigenvalue weighted by Crippen LogP contribution is -2.34. The topological polar surface area (TPSA) is 158 Å². The molecule has 4 atom stereocenters. The van der Waals surface area contributed by atoms with Crippen molar-refractivity contribution in [3.8, 4) is 0 Å². The molecule has 0 spiro atoms. The third-order valence-electron chi connectivity index (χ3n) is 5.16. The highest BCUT2D eigenvalue weighted by Gasteiger charge is 2.25. The molecule has 0 rings (SSSR count). The molecule has 0 aromatic heterocycles. The molecule has 0 amide bonds. The number of carbonyl (C=O) groups is 1. The predicted molar refractivity (Wildman–Crippen MR) is 131 cm³/mol. The number of aliphatic hydroxyl groups is 1. The van der Waals surface area contributed by atoms with E-state index < -0.39 is 39.2 Å². The van der Waals surface area contributed by atoms with E-state index in [1.807, 2.05) is 0 Å². The van der Waals surface area contributed by atoms with Crippen molar-refractivity contribution in [1.82, 2.24) is 0 Å². The van der Waals surface area contributed by atoms with Crippen LogP contribution < -0.4 is 5.73 Å². The van der Waals surface area contributed by atoms with E-state index in [4.69, 9.17) is 20.3 Å². The fraction of sp³-hybridized carbons (Fsp3) is 0.870. The molecule has 5 N–H and O–H groups in total. The summed E-state index contributed by atoms with van der Waals surface area (Å²) in [5, 5.41) is 18.5. The van der Waals surface area contributed by atoms with E-state index >= 15 is 0 Å². The first-order chi connectivity index (χ1) is 16.2. The summed E-state index contributed by atoms with van der Waals surface area (Å²) in [6.07, 6.45) is 16.3. The maximum absolute atomic E-state index is 11.7. The van der Waals surface area contributed by atoms with Crippen molar-refractivity contribution in [1.29, 1.82) is 0 Å². The number of phosphoric acid groups is 1. The predicted octanol–water partition coefficient (Wildman–Crippen LogP) is 3.79. The fourth-order valence-electron chi connectivity index (χ4n) is 3.03. The molecule has 0 aliphatic heterocycles. The third-order valence-corrected chi connectivity index (χ3v) is 6.11. The molecule has 11 heteroatoms. The van der Waals surface area contributed by atoms with Crippen molar-refractivity contribution in [3.63, 3.8) is 0 Å². The number of hydrogen-bond donors (Lipinski definition) is 4. The zero-order chi connectivity index (χ0) is 25.7. The Morgan fingerprint density at radius 1 is 0.941 bits per heavy atom. The summed E-state index contributed by atoms with van der Waals surface area (Å²) in [5.74, 6) is -1.37. The van der Waals surface area contributed by atoms with E-state index in [1.54, 1.807) is 7.11 Å². The van der Waals surface area contributed by atoms with Gasteiger partial charge in [-0.15, -0.1) is 0 Å². The molecule has 0 saturated heterocycles. The second kappa shape index (κ2) is 21.4. The first-order valence-electron chi connectivity index (χ1n) is 12.3. The van der Waals surface area contributed by atoms with Gasteiger partial charge in [0.2, 0.25) is 0 Å². The number of nitrogens with two attached hydrogens (primary N) is 1. The summed E-state index contributed by atoms with van der Waals surface area (Å²) in [4.78, 5) is 20.0. The highest BCUT2D eigenvalue weighted by molar-refractivity contribution is 7.47. The quantitative estimate of drug-likeness (QED) is 0.0853. The molecule has 10 nitrogen and oxygen atoms in total. The van der Waals surface area contributed by atoms with Gasteiger partial charge in [0.05, 0.1) is 32.5 Å². The maximum atomic E-state index is 11.7. The molecular weight excluding hydrogens is 465 g/mol. The van der Waals surface area contributed by atoms with Crippen molar-refractivity contribution >= 4 is 13.8 Å². The monoisotopic (exact) mass is 511 g/mol. The van der Waals surface area contributed by atoms with Crippen molar-refractivity contribution in [3.05, 3.63) is 12.2 Å². The smallest absolute Gasteiger partial charge is 0.472 e. The van der Waals surface area contributed by atoms with Crippen molar-refractivity contribution in [2.75, 3.05) is 33.5 Å².